The van der Waals surface area contributed by atoms with E-state index < -0.39 is 0 Å². The maximum atomic E-state index is 6.54. The number of piperazine rings is 1. The van der Waals surface area contributed by atoms with E-state index in [2.05, 4.69) is 78.4 Å². The van der Waals surface area contributed by atoms with Crippen molar-refractivity contribution in [2.24, 2.45) is 0 Å². The monoisotopic (exact) mass is 502 g/mol. The first-order valence-corrected chi connectivity index (χ1v) is 13.0. The van der Waals surface area contributed by atoms with Gasteiger partial charge in [-0.1, -0.05) is 11.6 Å². The van der Waals surface area contributed by atoms with E-state index in [-0.39, 0.29) is 0 Å². The van der Waals surface area contributed by atoms with Gasteiger partial charge in [-0.15, -0.1) is 0 Å². The van der Waals surface area contributed by atoms with Crippen LogP contribution in [0.1, 0.15) is 12.0 Å². The molecule has 0 saturated carbocycles. The van der Waals surface area contributed by atoms with Crippen LogP contribution < -0.4 is 10.2 Å². The molecular weight excluding hydrogens is 472 g/mol. The van der Waals surface area contributed by atoms with Crippen LogP contribution in [0.25, 0.3) is 22.6 Å². The van der Waals surface area contributed by atoms with E-state index >= 15 is 0 Å². The molecule has 9 heteroatoms. The first-order chi connectivity index (χ1) is 17.6. The molecule has 0 unspecified atom stereocenters. The molecule has 2 aliphatic heterocycles. The van der Waals surface area contributed by atoms with Crippen LogP contribution in [0.5, 0.6) is 0 Å². The Hall–Kier alpha value is -3.20. The molecular formula is C27H31ClN8. The van der Waals surface area contributed by atoms with Crippen LogP contribution in [-0.2, 0) is 6.54 Å². The molecule has 2 fully saturated rings. The molecule has 36 heavy (non-hydrogen) atoms. The van der Waals surface area contributed by atoms with E-state index in [9.17, 15) is 0 Å². The van der Waals surface area contributed by atoms with Crippen LogP contribution in [0, 0.1) is 0 Å². The largest absolute Gasteiger partial charge is 0.378 e. The van der Waals surface area contributed by atoms with Crippen LogP contribution >= 0.6 is 11.6 Å². The third-order valence-electron chi connectivity index (χ3n) is 7.25. The molecule has 1 atom stereocenters. The van der Waals surface area contributed by atoms with Gasteiger partial charge in [-0.05, 0) is 62.0 Å². The van der Waals surface area contributed by atoms with Gasteiger partial charge in [0.2, 0.25) is 0 Å². The number of imidazole rings is 1. The normalized spacial score (nSPS) is 19.3. The molecule has 2 saturated heterocycles. The maximum Gasteiger partial charge on any atom is 0.180 e. The third kappa shape index (κ3) is 4.89. The standard InChI is InChI=1S/C27H31ClN8/c1-34-11-8-21(18-34)31-24-23(28)16-30-27-25(24)32-26(33-27)20-2-4-22(5-3-20)36-14-12-35(13-15-36)17-19-6-9-29-10-7-19/h2-7,9-10,16,21H,8,11-15,17-18H2,1H3,(H2,30,31,32,33)/t21-/m0/s1. The van der Waals surface area contributed by atoms with Crippen LogP contribution in [0.4, 0.5) is 11.4 Å². The zero-order chi connectivity index (χ0) is 24.5. The number of nitrogens with one attached hydrogen (secondary N) is 2. The summed E-state index contributed by atoms with van der Waals surface area (Å²) in [6, 6.07) is 13.2. The molecule has 3 aromatic heterocycles. The lowest BCUT2D eigenvalue weighted by Gasteiger charge is -2.36. The molecule has 1 aromatic carbocycles. The minimum absolute atomic E-state index is 0.370. The summed E-state index contributed by atoms with van der Waals surface area (Å²) in [5, 5.41) is 4.24. The lowest BCUT2D eigenvalue weighted by molar-refractivity contribution is 0.250. The van der Waals surface area contributed by atoms with Crippen molar-refractivity contribution in [3.63, 3.8) is 0 Å². The number of aromatic amines is 1. The minimum Gasteiger partial charge on any atom is -0.378 e. The van der Waals surface area contributed by atoms with Crippen molar-refractivity contribution in [1.82, 2.24) is 29.7 Å². The molecule has 0 bridgehead atoms. The lowest BCUT2D eigenvalue weighted by Crippen LogP contribution is -2.45. The van der Waals surface area contributed by atoms with Gasteiger partial charge in [0.05, 0.1) is 16.9 Å². The number of rotatable bonds is 6. The smallest absolute Gasteiger partial charge is 0.180 e. The second kappa shape index (κ2) is 10.0. The number of pyridine rings is 2. The van der Waals surface area contributed by atoms with E-state index in [0.717, 1.165) is 74.8 Å². The van der Waals surface area contributed by atoms with Crippen molar-refractivity contribution in [1.29, 1.82) is 0 Å². The molecule has 2 N–H and O–H groups in total. The fourth-order valence-corrected chi connectivity index (χ4v) is 5.41. The Morgan fingerprint density at radius 2 is 1.81 bits per heavy atom. The van der Waals surface area contributed by atoms with E-state index in [1.54, 1.807) is 6.20 Å². The van der Waals surface area contributed by atoms with Crippen molar-refractivity contribution < 1.29 is 0 Å². The highest BCUT2D eigenvalue weighted by molar-refractivity contribution is 6.34. The number of fused-ring (bicyclic) bond motifs is 1. The first-order valence-electron chi connectivity index (χ1n) is 12.6. The van der Waals surface area contributed by atoms with Crippen LogP contribution in [-0.4, -0.2) is 82.1 Å². The Labute approximate surface area is 216 Å². The van der Waals surface area contributed by atoms with E-state index in [1.807, 2.05) is 12.4 Å². The zero-order valence-electron chi connectivity index (χ0n) is 20.5. The number of benzene rings is 1. The Morgan fingerprint density at radius 3 is 2.53 bits per heavy atom. The first kappa shape index (κ1) is 23.2. The maximum absolute atomic E-state index is 6.54. The molecule has 0 aliphatic carbocycles. The van der Waals surface area contributed by atoms with Gasteiger partial charge in [0.15, 0.2) is 5.65 Å². The molecule has 4 aromatic rings. The number of hydrogen-bond donors (Lipinski definition) is 2. The zero-order valence-corrected chi connectivity index (χ0v) is 21.2. The Morgan fingerprint density at radius 1 is 1.03 bits per heavy atom. The molecule has 0 radical (unpaired) electrons. The van der Waals surface area contributed by atoms with Gasteiger partial charge < -0.3 is 20.1 Å². The van der Waals surface area contributed by atoms with Gasteiger partial charge in [-0.2, -0.15) is 0 Å². The molecule has 2 aliphatic rings. The summed E-state index contributed by atoms with van der Waals surface area (Å²) in [7, 11) is 2.14. The number of hydrogen-bond acceptors (Lipinski definition) is 7. The predicted octanol–water partition coefficient (Wildman–Crippen LogP) is 4.11. The fourth-order valence-electron chi connectivity index (χ4n) is 5.21. The highest BCUT2D eigenvalue weighted by Gasteiger charge is 2.22. The molecule has 8 nitrogen and oxygen atoms in total. The average molecular weight is 503 g/mol. The summed E-state index contributed by atoms with van der Waals surface area (Å²) in [5.74, 6) is 0.806. The van der Waals surface area contributed by atoms with Gasteiger partial charge in [-0.3, -0.25) is 9.88 Å². The Bertz CT molecular complexity index is 1320. The summed E-state index contributed by atoms with van der Waals surface area (Å²) in [6.07, 6.45) is 6.51. The number of nitrogens with zero attached hydrogens (tertiary/aromatic N) is 6. The Balaban J connectivity index is 1.14. The highest BCUT2D eigenvalue weighted by Crippen LogP contribution is 2.32. The molecule has 0 amide bonds. The lowest BCUT2D eigenvalue weighted by atomic mass is 10.1. The van der Waals surface area contributed by atoms with Gasteiger partial charge in [0.25, 0.3) is 0 Å². The van der Waals surface area contributed by atoms with Gasteiger partial charge in [0.1, 0.15) is 11.3 Å². The van der Waals surface area contributed by atoms with E-state index in [0.29, 0.717) is 16.7 Å². The summed E-state index contributed by atoms with van der Waals surface area (Å²) in [5.41, 5.74) is 6.03. The number of likely N-dealkylation sites (tertiary alicyclic amines) is 1. The van der Waals surface area contributed by atoms with Crippen molar-refractivity contribution in [2.45, 2.75) is 19.0 Å². The summed E-state index contributed by atoms with van der Waals surface area (Å²) in [6.45, 7) is 7.20. The quantitative estimate of drug-likeness (QED) is 0.411. The second-order valence-corrected chi connectivity index (χ2v) is 10.2. The predicted molar refractivity (Wildman–Crippen MR) is 146 cm³/mol. The molecule has 6 rings (SSSR count). The van der Waals surface area contributed by atoms with Gasteiger partial charge >= 0.3 is 0 Å². The van der Waals surface area contributed by atoms with Crippen molar-refractivity contribution in [3.05, 3.63) is 65.6 Å². The van der Waals surface area contributed by atoms with Crippen molar-refractivity contribution in [2.75, 3.05) is 56.5 Å². The van der Waals surface area contributed by atoms with E-state index in [4.69, 9.17) is 16.6 Å². The fraction of sp³-hybridized carbons (Fsp3) is 0.370. The number of aromatic nitrogens is 4. The van der Waals surface area contributed by atoms with Gasteiger partial charge in [0, 0.05) is 69.0 Å². The number of likely N-dealkylation sites (N-methyl/N-ethyl adjacent to an activating group) is 1. The van der Waals surface area contributed by atoms with Crippen LogP contribution in [0.2, 0.25) is 5.02 Å². The van der Waals surface area contributed by atoms with Gasteiger partial charge in [-0.25, -0.2) is 9.97 Å². The number of halogens is 1. The summed E-state index contributed by atoms with van der Waals surface area (Å²) in [4.78, 5) is 24.1. The SMILES string of the molecule is CN1CC[C@H](Nc2c(Cl)cnc3nc(-c4ccc(N5CCN(Cc6ccncc6)CC5)cc4)[nH]c23)C1. The number of anilines is 2. The highest BCUT2D eigenvalue weighted by atomic mass is 35.5. The molecule has 0 spiro atoms. The van der Waals surface area contributed by atoms with Crippen molar-refractivity contribution >= 4 is 34.1 Å². The average Bonchev–Trinajstić information content (AvgIpc) is 3.53. The second-order valence-electron chi connectivity index (χ2n) is 9.82. The Kier molecular flexibility index (Phi) is 6.48. The van der Waals surface area contributed by atoms with Crippen molar-refractivity contribution in [3.8, 4) is 11.4 Å². The summed E-state index contributed by atoms with van der Waals surface area (Å²) >= 11 is 6.54. The summed E-state index contributed by atoms with van der Waals surface area (Å²) < 4.78 is 0. The van der Waals surface area contributed by atoms with Crippen LogP contribution in [0.15, 0.2) is 55.0 Å². The number of H-pyrrole nitrogens is 1. The molecule has 186 valence electrons. The minimum atomic E-state index is 0.370. The molecule has 5 heterocycles. The van der Waals surface area contributed by atoms with E-state index in [1.165, 1.54) is 11.3 Å². The topological polar surface area (TPSA) is 76.2 Å². The van der Waals surface area contributed by atoms with Crippen LogP contribution in [0.3, 0.4) is 0 Å². The third-order valence-corrected chi connectivity index (χ3v) is 7.53.